The monoisotopic (exact) mass is 355 g/mol. The predicted molar refractivity (Wildman–Crippen MR) is 104 cm³/mol. The predicted octanol–water partition coefficient (Wildman–Crippen LogP) is 1.81. The van der Waals surface area contributed by atoms with E-state index in [2.05, 4.69) is 26.5 Å². The zero-order valence-electron chi connectivity index (χ0n) is 15.8. The molecule has 0 unspecified atom stereocenters. The first-order chi connectivity index (χ1) is 12.7. The Kier molecular flexibility index (Phi) is 5.06. The Hall–Kier alpha value is -2.15. The van der Waals surface area contributed by atoms with Crippen LogP contribution >= 0.6 is 0 Å². The van der Waals surface area contributed by atoms with Crippen LogP contribution in [0.15, 0.2) is 12.3 Å². The van der Waals surface area contributed by atoms with E-state index in [1.165, 1.54) is 29.8 Å². The van der Waals surface area contributed by atoms with Crippen molar-refractivity contribution in [3.63, 3.8) is 0 Å². The van der Waals surface area contributed by atoms with E-state index in [4.69, 9.17) is 9.97 Å². The molecule has 2 N–H and O–H groups in total. The number of aryl methyl sites for hydroxylation is 1. The first kappa shape index (κ1) is 17.3. The summed E-state index contributed by atoms with van der Waals surface area (Å²) in [6.45, 7) is 3.83. The molecule has 1 saturated carbocycles. The summed E-state index contributed by atoms with van der Waals surface area (Å²) in [7, 11) is 4.00. The lowest BCUT2D eigenvalue weighted by Gasteiger charge is -2.18. The van der Waals surface area contributed by atoms with Crippen molar-refractivity contribution in [3.05, 3.63) is 29.2 Å². The van der Waals surface area contributed by atoms with Gasteiger partial charge in [0.1, 0.15) is 5.82 Å². The Balaban J connectivity index is 1.41. The lowest BCUT2D eigenvalue weighted by molar-refractivity contribution is 0.565. The largest absolute Gasteiger partial charge is 0.370 e. The van der Waals surface area contributed by atoms with Gasteiger partial charge in [-0.25, -0.2) is 4.98 Å². The Morgan fingerprint density at radius 1 is 1.23 bits per heavy atom. The summed E-state index contributed by atoms with van der Waals surface area (Å²) in [5, 5.41) is 11.5. The van der Waals surface area contributed by atoms with Gasteiger partial charge in [-0.15, -0.1) is 0 Å². The zero-order chi connectivity index (χ0) is 17.9. The molecule has 3 heterocycles. The van der Waals surface area contributed by atoms with Gasteiger partial charge in [-0.3, -0.25) is 4.68 Å². The molecule has 4 rings (SSSR count). The summed E-state index contributed by atoms with van der Waals surface area (Å²) in [6, 6.07) is 2.17. The average Bonchev–Trinajstić information content (AvgIpc) is 3.41. The third-order valence-corrected chi connectivity index (χ3v) is 5.16. The third kappa shape index (κ3) is 3.82. The Labute approximate surface area is 155 Å². The maximum absolute atomic E-state index is 4.77. The highest BCUT2D eigenvalue weighted by atomic mass is 15.3. The number of anilines is 2. The Morgan fingerprint density at radius 3 is 2.88 bits per heavy atom. The summed E-state index contributed by atoms with van der Waals surface area (Å²) in [5.41, 5.74) is 3.86. The van der Waals surface area contributed by atoms with Gasteiger partial charge in [-0.2, -0.15) is 10.1 Å². The van der Waals surface area contributed by atoms with Crippen LogP contribution in [0.1, 0.15) is 42.1 Å². The molecule has 0 atom stereocenters. The minimum Gasteiger partial charge on any atom is -0.370 e. The highest BCUT2D eigenvalue weighted by molar-refractivity contribution is 5.51. The molecule has 0 amide bonds. The fourth-order valence-corrected chi connectivity index (χ4v) is 3.57. The molecule has 0 radical (unpaired) electrons. The van der Waals surface area contributed by atoms with E-state index in [1.54, 1.807) is 0 Å². The van der Waals surface area contributed by atoms with Crippen molar-refractivity contribution in [1.29, 1.82) is 0 Å². The highest BCUT2D eigenvalue weighted by Crippen LogP contribution is 2.39. The second-order valence-corrected chi connectivity index (χ2v) is 7.48. The van der Waals surface area contributed by atoms with Crippen molar-refractivity contribution in [1.82, 2.24) is 25.1 Å². The number of rotatable bonds is 7. The van der Waals surface area contributed by atoms with Gasteiger partial charge in [0.25, 0.3) is 0 Å². The van der Waals surface area contributed by atoms with Gasteiger partial charge in [-0.1, -0.05) is 0 Å². The van der Waals surface area contributed by atoms with Crippen molar-refractivity contribution in [3.8, 4) is 0 Å². The molecule has 26 heavy (non-hydrogen) atoms. The van der Waals surface area contributed by atoms with Gasteiger partial charge in [0, 0.05) is 63.5 Å². The second kappa shape index (κ2) is 7.61. The molecule has 2 aromatic heterocycles. The van der Waals surface area contributed by atoms with E-state index in [0.29, 0.717) is 0 Å². The Morgan fingerprint density at radius 2 is 2.08 bits per heavy atom. The number of nitrogens with one attached hydrogen (secondary N) is 2. The van der Waals surface area contributed by atoms with Crippen molar-refractivity contribution in [2.24, 2.45) is 0 Å². The smallest absolute Gasteiger partial charge is 0.227 e. The van der Waals surface area contributed by atoms with E-state index in [-0.39, 0.29) is 0 Å². The number of hydrogen-bond acceptors (Lipinski definition) is 6. The molecule has 7 nitrogen and oxygen atoms in total. The molecule has 0 aromatic carbocycles. The molecule has 7 heteroatoms. The Bertz CT molecular complexity index is 748. The first-order valence-electron chi connectivity index (χ1n) is 9.76. The second-order valence-electron chi connectivity index (χ2n) is 7.48. The maximum atomic E-state index is 4.77. The topological polar surface area (TPSA) is 70.9 Å². The zero-order valence-corrected chi connectivity index (χ0v) is 15.8. The molecular weight excluding hydrogens is 326 g/mol. The molecule has 1 fully saturated rings. The van der Waals surface area contributed by atoms with Gasteiger partial charge in [0.2, 0.25) is 5.95 Å². The minimum absolute atomic E-state index is 0.748. The molecule has 0 bridgehead atoms. The minimum atomic E-state index is 0.748. The maximum Gasteiger partial charge on any atom is 0.227 e. The van der Waals surface area contributed by atoms with E-state index in [0.717, 1.165) is 63.1 Å². The van der Waals surface area contributed by atoms with Crippen molar-refractivity contribution < 1.29 is 0 Å². The molecule has 1 aliphatic heterocycles. The number of aromatic nitrogens is 4. The highest BCUT2D eigenvalue weighted by Gasteiger charge is 2.26. The van der Waals surface area contributed by atoms with Crippen LogP contribution in [0.2, 0.25) is 0 Å². The normalized spacial score (nSPS) is 16.8. The van der Waals surface area contributed by atoms with Crippen LogP contribution in [0.5, 0.6) is 0 Å². The molecule has 0 saturated heterocycles. The van der Waals surface area contributed by atoms with Crippen LogP contribution in [0.3, 0.4) is 0 Å². The third-order valence-electron chi connectivity index (χ3n) is 5.16. The van der Waals surface area contributed by atoms with Gasteiger partial charge in [-0.05, 0) is 38.3 Å². The van der Waals surface area contributed by atoms with Crippen LogP contribution in [0, 0.1) is 0 Å². The molecule has 0 spiro atoms. The van der Waals surface area contributed by atoms with Crippen LogP contribution in [0.25, 0.3) is 0 Å². The summed E-state index contributed by atoms with van der Waals surface area (Å²) in [5.74, 6) is 2.54. The molecule has 2 aromatic rings. The summed E-state index contributed by atoms with van der Waals surface area (Å²) in [4.78, 5) is 11.5. The summed E-state index contributed by atoms with van der Waals surface area (Å²) >= 11 is 0. The molecular formula is C19H29N7. The fourth-order valence-electron chi connectivity index (χ4n) is 3.57. The summed E-state index contributed by atoms with van der Waals surface area (Å²) in [6.07, 6.45) is 7.55. The first-order valence-corrected chi connectivity index (χ1v) is 9.76. The number of nitrogens with zero attached hydrogens (tertiary/aromatic N) is 5. The molecule has 140 valence electrons. The van der Waals surface area contributed by atoms with Gasteiger partial charge < -0.3 is 15.5 Å². The van der Waals surface area contributed by atoms with Gasteiger partial charge in [0.15, 0.2) is 0 Å². The van der Waals surface area contributed by atoms with Crippen molar-refractivity contribution in [2.45, 2.75) is 44.6 Å². The van der Waals surface area contributed by atoms with Crippen LogP contribution in [-0.4, -0.2) is 53.5 Å². The van der Waals surface area contributed by atoms with E-state index in [1.807, 2.05) is 25.2 Å². The lowest BCUT2D eigenvalue weighted by atomic mass is 10.1. The molecule has 1 aliphatic carbocycles. The van der Waals surface area contributed by atoms with Crippen LogP contribution < -0.4 is 15.5 Å². The number of fused-ring (bicyclic) bond motifs is 1. The van der Waals surface area contributed by atoms with Crippen molar-refractivity contribution in [2.75, 3.05) is 43.9 Å². The quantitative estimate of drug-likeness (QED) is 0.738. The SMILES string of the molecule is CN(C)c1nc2c(c(NCCCn3nccc3C3CC3)n1)CCNCC2. The lowest BCUT2D eigenvalue weighted by Crippen LogP contribution is -2.18. The van der Waals surface area contributed by atoms with Crippen LogP contribution in [-0.2, 0) is 19.4 Å². The van der Waals surface area contributed by atoms with Gasteiger partial charge in [0.05, 0.1) is 5.69 Å². The molecule has 2 aliphatic rings. The van der Waals surface area contributed by atoms with E-state index < -0.39 is 0 Å². The fraction of sp³-hybridized carbons (Fsp3) is 0.632. The average molecular weight is 355 g/mol. The number of hydrogen-bond donors (Lipinski definition) is 2. The van der Waals surface area contributed by atoms with Crippen molar-refractivity contribution >= 4 is 11.8 Å². The van der Waals surface area contributed by atoms with Gasteiger partial charge >= 0.3 is 0 Å². The summed E-state index contributed by atoms with van der Waals surface area (Å²) < 4.78 is 2.18. The van der Waals surface area contributed by atoms with E-state index >= 15 is 0 Å². The van der Waals surface area contributed by atoms with E-state index in [9.17, 15) is 0 Å². The van der Waals surface area contributed by atoms with Crippen LogP contribution in [0.4, 0.5) is 11.8 Å². The standard InChI is InChI=1S/C19H29N7/c1-25(2)19-23-16-7-11-20-10-6-15(16)18(24-19)21-9-3-13-26-17(8-12-22-26)14-4-5-14/h8,12,14,20H,3-7,9-11,13H2,1-2H3,(H,21,23,24).